The molecule has 5 rings (SSSR count). The second-order valence-corrected chi connectivity index (χ2v) is 10.2. The van der Waals surface area contributed by atoms with Gasteiger partial charge in [0.25, 0.3) is 5.91 Å². The largest absolute Gasteiger partial charge is 0.484 e. The molecule has 1 aliphatic rings. The number of amides is 1. The van der Waals surface area contributed by atoms with Gasteiger partial charge in [0.05, 0.1) is 5.69 Å². The highest BCUT2D eigenvalue weighted by Gasteiger charge is 2.16. The Labute approximate surface area is 219 Å². The fourth-order valence-electron chi connectivity index (χ4n) is 5.10. The zero-order valence-electron chi connectivity index (χ0n) is 21.9. The highest BCUT2D eigenvalue weighted by Crippen LogP contribution is 2.33. The molecule has 1 fully saturated rings. The predicted octanol–water partition coefficient (Wildman–Crippen LogP) is 7.14. The minimum absolute atomic E-state index is 0.0443. The smallest absolute Gasteiger partial charge is 0.262 e. The summed E-state index contributed by atoms with van der Waals surface area (Å²) in [5.41, 5.74) is 6.79. The van der Waals surface area contributed by atoms with Gasteiger partial charge in [0.15, 0.2) is 6.61 Å². The first-order valence-corrected chi connectivity index (χ1v) is 13.6. The minimum Gasteiger partial charge on any atom is -0.484 e. The molecule has 3 aromatic carbocycles. The average Bonchev–Trinajstić information content (AvgIpc) is 3.34. The maximum absolute atomic E-state index is 12.6. The molecule has 0 atom stereocenters. The van der Waals surface area contributed by atoms with Crippen LogP contribution < -0.4 is 10.1 Å². The Morgan fingerprint density at radius 2 is 1.68 bits per heavy atom. The van der Waals surface area contributed by atoms with Crippen molar-refractivity contribution < 1.29 is 9.53 Å². The maximum Gasteiger partial charge on any atom is 0.262 e. The molecule has 1 amide bonds. The molecular weight excluding hydrogens is 460 g/mol. The molecule has 0 radical (unpaired) electrons. The van der Waals surface area contributed by atoms with E-state index in [2.05, 4.69) is 58.8 Å². The molecule has 1 N–H and O–H groups in total. The van der Waals surface area contributed by atoms with Gasteiger partial charge in [-0.05, 0) is 91.6 Å². The number of nitrogens with one attached hydrogen (secondary N) is 1. The number of anilines is 1. The number of carbonyl (C=O) groups is 1. The molecule has 0 aliphatic heterocycles. The first-order valence-electron chi connectivity index (χ1n) is 13.6. The molecule has 1 saturated carbocycles. The average molecular weight is 497 g/mol. The molecule has 1 aromatic heterocycles. The minimum atomic E-state index is -0.200. The van der Waals surface area contributed by atoms with Crippen molar-refractivity contribution in [1.29, 1.82) is 0 Å². The fraction of sp³-hybridized carbons (Fsp3) is 0.387. The summed E-state index contributed by atoms with van der Waals surface area (Å²) in [4.78, 5) is 14.3. The Hall–Kier alpha value is -3.67. The molecule has 1 heterocycles. The van der Waals surface area contributed by atoms with Gasteiger partial charge >= 0.3 is 0 Å². The van der Waals surface area contributed by atoms with E-state index in [4.69, 9.17) is 4.74 Å². The number of rotatable bonds is 9. The van der Waals surface area contributed by atoms with E-state index < -0.39 is 0 Å². The number of benzene rings is 3. The molecular formula is C31H36N4O2. The number of carbonyl (C=O) groups excluding carboxylic acids is 1. The van der Waals surface area contributed by atoms with Gasteiger partial charge in [0.2, 0.25) is 0 Å². The zero-order valence-corrected chi connectivity index (χ0v) is 21.9. The molecule has 1 aliphatic carbocycles. The van der Waals surface area contributed by atoms with Crippen LogP contribution >= 0.6 is 0 Å². The van der Waals surface area contributed by atoms with Crippen LogP contribution in [-0.4, -0.2) is 27.5 Å². The standard InChI is InChI=1S/C31H36N4O2/c1-3-4-8-23-11-15-26(16-12-23)35-33-29-19-22(2)28(20-30(29)34-35)32-31(36)21-37-27-17-13-25(14-18-27)24-9-6-5-7-10-24/h11-20,24H,3-10,21H2,1-2H3,(H,32,36). The van der Waals surface area contributed by atoms with Crippen LogP contribution in [0.25, 0.3) is 16.7 Å². The molecule has 4 aromatic rings. The number of fused-ring (bicyclic) bond motifs is 1. The van der Waals surface area contributed by atoms with E-state index in [-0.39, 0.29) is 12.5 Å². The number of hydrogen-bond donors (Lipinski definition) is 1. The van der Waals surface area contributed by atoms with Gasteiger partial charge in [0.1, 0.15) is 16.8 Å². The molecule has 0 spiro atoms. The summed E-state index contributed by atoms with van der Waals surface area (Å²) in [6.45, 7) is 4.12. The second-order valence-electron chi connectivity index (χ2n) is 10.2. The third-order valence-corrected chi connectivity index (χ3v) is 7.31. The number of aryl methyl sites for hydroxylation is 2. The summed E-state index contributed by atoms with van der Waals surface area (Å²) >= 11 is 0. The number of unbranched alkanes of at least 4 members (excludes halogenated alkanes) is 1. The highest BCUT2D eigenvalue weighted by atomic mass is 16.5. The SMILES string of the molecule is CCCCc1ccc(-n2nc3cc(C)c(NC(=O)COc4ccc(C5CCCCC5)cc4)cc3n2)cc1. The van der Waals surface area contributed by atoms with Crippen LogP contribution in [0.15, 0.2) is 60.7 Å². The summed E-state index contributed by atoms with van der Waals surface area (Å²) in [7, 11) is 0. The van der Waals surface area contributed by atoms with Crippen LogP contribution in [0.1, 0.15) is 74.5 Å². The summed E-state index contributed by atoms with van der Waals surface area (Å²) in [5, 5.41) is 12.3. The van der Waals surface area contributed by atoms with E-state index >= 15 is 0 Å². The van der Waals surface area contributed by atoms with Gasteiger partial charge in [-0.25, -0.2) is 0 Å². The second kappa shape index (κ2) is 11.6. The van der Waals surface area contributed by atoms with Crippen LogP contribution in [0, 0.1) is 6.92 Å². The number of hydrogen-bond acceptors (Lipinski definition) is 4. The van der Waals surface area contributed by atoms with Crippen molar-refractivity contribution in [3.8, 4) is 11.4 Å². The van der Waals surface area contributed by atoms with Crippen molar-refractivity contribution in [2.24, 2.45) is 0 Å². The Morgan fingerprint density at radius 1 is 0.973 bits per heavy atom. The number of aromatic nitrogens is 3. The van der Waals surface area contributed by atoms with E-state index in [0.29, 0.717) is 11.7 Å². The van der Waals surface area contributed by atoms with Crippen LogP contribution in [-0.2, 0) is 11.2 Å². The summed E-state index contributed by atoms with van der Waals surface area (Å²) in [6, 6.07) is 20.4. The molecule has 0 unspecified atom stereocenters. The molecule has 0 saturated heterocycles. The quantitative estimate of drug-likeness (QED) is 0.267. The topological polar surface area (TPSA) is 69.0 Å². The van der Waals surface area contributed by atoms with E-state index in [0.717, 1.165) is 34.4 Å². The Balaban J connectivity index is 1.20. The fourth-order valence-corrected chi connectivity index (χ4v) is 5.10. The third-order valence-electron chi connectivity index (χ3n) is 7.31. The summed E-state index contributed by atoms with van der Waals surface area (Å²) < 4.78 is 5.76. The monoisotopic (exact) mass is 496 g/mol. The van der Waals surface area contributed by atoms with E-state index in [9.17, 15) is 4.79 Å². The normalized spacial score (nSPS) is 14.1. The summed E-state index contributed by atoms with van der Waals surface area (Å²) in [6.07, 6.45) is 9.98. The molecule has 6 nitrogen and oxygen atoms in total. The van der Waals surface area contributed by atoms with Gasteiger partial charge in [-0.2, -0.15) is 4.80 Å². The number of nitrogens with zero attached hydrogens (tertiary/aromatic N) is 3. The van der Waals surface area contributed by atoms with E-state index in [1.165, 1.54) is 56.1 Å². The Morgan fingerprint density at radius 3 is 2.38 bits per heavy atom. The van der Waals surface area contributed by atoms with Crippen LogP contribution in [0.3, 0.4) is 0 Å². The van der Waals surface area contributed by atoms with Gasteiger partial charge in [0, 0.05) is 5.69 Å². The zero-order chi connectivity index (χ0) is 25.6. The Bertz CT molecular complexity index is 1340. The lowest BCUT2D eigenvalue weighted by atomic mass is 9.84. The van der Waals surface area contributed by atoms with Crippen LogP contribution in [0.5, 0.6) is 5.75 Å². The predicted molar refractivity (Wildman–Crippen MR) is 149 cm³/mol. The van der Waals surface area contributed by atoms with Crippen molar-refractivity contribution >= 4 is 22.6 Å². The summed E-state index contributed by atoms with van der Waals surface area (Å²) in [5.74, 6) is 1.17. The van der Waals surface area contributed by atoms with Gasteiger partial charge in [-0.15, -0.1) is 10.2 Å². The van der Waals surface area contributed by atoms with Crippen molar-refractivity contribution in [1.82, 2.24) is 15.0 Å². The molecule has 6 heteroatoms. The van der Waals surface area contributed by atoms with E-state index in [1.54, 1.807) is 4.80 Å². The van der Waals surface area contributed by atoms with E-state index in [1.807, 2.05) is 31.2 Å². The van der Waals surface area contributed by atoms with Gasteiger partial charge in [-0.1, -0.05) is 56.9 Å². The maximum atomic E-state index is 12.6. The Kier molecular flexibility index (Phi) is 7.83. The van der Waals surface area contributed by atoms with Crippen molar-refractivity contribution in [3.05, 3.63) is 77.4 Å². The van der Waals surface area contributed by atoms with Crippen molar-refractivity contribution in [3.63, 3.8) is 0 Å². The number of ether oxygens (including phenoxy) is 1. The van der Waals surface area contributed by atoms with Crippen LogP contribution in [0.2, 0.25) is 0 Å². The van der Waals surface area contributed by atoms with Crippen molar-refractivity contribution in [2.75, 3.05) is 11.9 Å². The lowest BCUT2D eigenvalue weighted by Gasteiger charge is -2.22. The van der Waals surface area contributed by atoms with Gasteiger partial charge in [-0.3, -0.25) is 4.79 Å². The molecule has 192 valence electrons. The third kappa shape index (κ3) is 6.19. The highest BCUT2D eigenvalue weighted by molar-refractivity contribution is 5.95. The lowest BCUT2D eigenvalue weighted by molar-refractivity contribution is -0.118. The molecule has 37 heavy (non-hydrogen) atoms. The van der Waals surface area contributed by atoms with Gasteiger partial charge < -0.3 is 10.1 Å². The first kappa shape index (κ1) is 25.0. The first-order chi connectivity index (χ1) is 18.1. The lowest BCUT2D eigenvalue weighted by Crippen LogP contribution is -2.20. The van der Waals surface area contributed by atoms with Crippen LogP contribution in [0.4, 0.5) is 5.69 Å². The molecule has 0 bridgehead atoms. The van der Waals surface area contributed by atoms with Crippen molar-refractivity contribution in [2.45, 2.75) is 71.1 Å².